The number of ether oxygens (including phenoxy) is 1. The number of rotatable bonds is 8. The molecule has 10 heteroatoms. The van der Waals surface area contributed by atoms with Crippen LogP contribution in [-0.4, -0.2) is 58.4 Å². The van der Waals surface area contributed by atoms with Gasteiger partial charge in [0.15, 0.2) is 5.88 Å². The van der Waals surface area contributed by atoms with E-state index in [-0.39, 0.29) is 17.5 Å². The molecule has 2 heterocycles. The van der Waals surface area contributed by atoms with Crippen LogP contribution in [0.1, 0.15) is 53.1 Å². The van der Waals surface area contributed by atoms with Crippen molar-refractivity contribution in [2.24, 2.45) is 0 Å². The lowest BCUT2D eigenvalue weighted by atomic mass is 9.89. The number of likely N-dealkylation sites (N-methyl/N-ethyl adjacent to an activating group) is 1. The number of amides is 1. The Balaban J connectivity index is 1.67. The van der Waals surface area contributed by atoms with Crippen molar-refractivity contribution >= 4 is 22.4 Å². The molecule has 1 aliphatic rings. The van der Waals surface area contributed by atoms with Crippen molar-refractivity contribution in [3.05, 3.63) is 52.4 Å². The first-order valence-electron chi connectivity index (χ1n) is 11.7. The summed E-state index contributed by atoms with van der Waals surface area (Å²) in [6, 6.07) is 3.87. The average molecular weight is 491 g/mol. The maximum absolute atomic E-state index is 13.1. The first kappa shape index (κ1) is 24.7. The van der Waals surface area contributed by atoms with Crippen LogP contribution in [0.15, 0.2) is 24.3 Å². The van der Waals surface area contributed by atoms with Crippen LogP contribution in [0.4, 0.5) is 13.2 Å². The molecule has 4 N–H and O–H groups in total. The zero-order valence-corrected chi connectivity index (χ0v) is 19.9. The molecule has 3 aromatic rings. The first-order valence-corrected chi connectivity index (χ1v) is 11.7. The number of carbonyl (C=O) groups excluding carboxylic acids is 1. The Kier molecular flexibility index (Phi) is 6.84. The minimum Gasteiger partial charge on any atom is -0.494 e. The van der Waals surface area contributed by atoms with E-state index < -0.39 is 6.36 Å². The maximum atomic E-state index is 13.1. The standard InChI is InChI=1S/C25H29F3N4O3/c1-4-32(5-2)12-11-29-23(33)20-14(3)30-22-16(20)7-6-8-17(22)21-18-13-15(35-25(26,27)28)9-10-19(18)31-24(21)34/h8-10,13,30-31,34H,4-7,11-12H2,1-3H3,(H,29,33). The van der Waals surface area contributed by atoms with E-state index in [1.165, 1.54) is 18.2 Å². The quantitative estimate of drug-likeness (QED) is 0.363. The van der Waals surface area contributed by atoms with E-state index in [2.05, 4.69) is 38.8 Å². The van der Waals surface area contributed by atoms with Gasteiger partial charge in [-0.05, 0) is 56.6 Å². The van der Waals surface area contributed by atoms with Gasteiger partial charge in [0.25, 0.3) is 5.91 Å². The molecule has 35 heavy (non-hydrogen) atoms. The molecular weight excluding hydrogens is 461 g/mol. The highest BCUT2D eigenvalue weighted by atomic mass is 19.4. The number of carbonyl (C=O) groups is 1. The highest BCUT2D eigenvalue weighted by Gasteiger charge is 2.32. The van der Waals surface area contributed by atoms with E-state index in [4.69, 9.17) is 0 Å². The predicted octanol–water partition coefficient (Wildman–Crippen LogP) is 4.86. The molecule has 0 bridgehead atoms. The number of hydrogen-bond acceptors (Lipinski definition) is 4. The third-order valence-electron chi connectivity index (χ3n) is 6.39. The van der Waals surface area contributed by atoms with Gasteiger partial charge in [0.1, 0.15) is 5.75 Å². The number of fused-ring (bicyclic) bond motifs is 2. The second kappa shape index (κ2) is 9.69. The molecule has 0 radical (unpaired) electrons. The van der Waals surface area contributed by atoms with E-state index in [1.807, 2.05) is 13.0 Å². The third kappa shape index (κ3) is 5.02. The monoisotopic (exact) mass is 490 g/mol. The summed E-state index contributed by atoms with van der Waals surface area (Å²) in [5.41, 5.74) is 4.25. The van der Waals surface area contributed by atoms with Crippen LogP contribution in [-0.2, 0) is 6.42 Å². The number of alkyl halides is 3. The molecular formula is C25H29F3N4O3. The smallest absolute Gasteiger partial charge is 0.494 e. The number of aromatic nitrogens is 2. The molecule has 1 aromatic carbocycles. The van der Waals surface area contributed by atoms with Gasteiger partial charge in [0.05, 0.1) is 16.8 Å². The van der Waals surface area contributed by atoms with Gasteiger partial charge in [-0.25, -0.2) is 0 Å². The zero-order valence-electron chi connectivity index (χ0n) is 19.9. The van der Waals surface area contributed by atoms with Gasteiger partial charge in [0.2, 0.25) is 0 Å². The second-order valence-electron chi connectivity index (χ2n) is 8.52. The molecule has 0 spiro atoms. The SMILES string of the molecule is CCN(CC)CCNC(=O)c1c(C)[nH]c2c1CCC=C2c1c(O)[nH]c2ccc(OC(F)(F)F)cc12. The fourth-order valence-electron chi connectivity index (χ4n) is 4.74. The van der Waals surface area contributed by atoms with E-state index in [1.54, 1.807) is 0 Å². The van der Waals surface area contributed by atoms with E-state index in [0.29, 0.717) is 58.4 Å². The van der Waals surface area contributed by atoms with Crippen molar-refractivity contribution in [3.63, 3.8) is 0 Å². The van der Waals surface area contributed by atoms with Gasteiger partial charge in [0, 0.05) is 35.3 Å². The van der Waals surface area contributed by atoms with Crippen LogP contribution < -0.4 is 10.1 Å². The Morgan fingerprint density at radius 1 is 1.23 bits per heavy atom. The molecule has 0 fully saturated rings. The Morgan fingerprint density at radius 3 is 2.66 bits per heavy atom. The van der Waals surface area contributed by atoms with Gasteiger partial charge >= 0.3 is 6.36 Å². The molecule has 0 aliphatic heterocycles. The summed E-state index contributed by atoms with van der Waals surface area (Å²) in [5, 5.41) is 14.1. The number of hydrogen-bond donors (Lipinski definition) is 4. The van der Waals surface area contributed by atoms with Gasteiger partial charge in [-0.1, -0.05) is 19.9 Å². The van der Waals surface area contributed by atoms with Crippen LogP contribution in [0.2, 0.25) is 0 Å². The predicted molar refractivity (Wildman–Crippen MR) is 128 cm³/mol. The van der Waals surface area contributed by atoms with E-state index in [0.717, 1.165) is 25.2 Å². The Labute approximate surface area is 201 Å². The number of nitrogens with one attached hydrogen (secondary N) is 3. The summed E-state index contributed by atoms with van der Waals surface area (Å²) >= 11 is 0. The number of H-pyrrole nitrogens is 2. The van der Waals surface area contributed by atoms with Crippen LogP contribution >= 0.6 is 0 Å². The number of aromatic hydroxyl groups is 1. The minimum absolute atomic E-state index is 0.166. The number of halogens is 3. The summed E-state index contributed by atoms with van der Waals surface area (Å²) in [5.74, 6) is -0.712. The topological polar surface area (TPSA) is 93.4 Å². The van der Waals surface area contributed by atoms with Gasteiger partial charge < -0.3 is 30.0 Å². The van der Waals surface area contributed by atoms with Gasteiger partial charge in [-0.2, -0.15) is 0 Å². The molecule has 7 nitrogen and oxygen atoms in total. The van der Waals surface area contributed by atoms with E-state index >= 15 is 0 Å². The van der Waals surface area contributed by atoms with Crippen molar-refractivity contribution in [3.8, 4) is 11.6 Å². The van der Waals surface area contributed by atoms with Gasteiger partial charge in [-0.15, -0.1) is 13.2 Å². The lowest BCUT2D eigenvalue weighted by Gasteiger charge is -2.18. The number of allylic oxidation sites excluding steroid dienone is 1. The maximum Gasteiger partial charge on any atom is 0.573 e. The molecule has 2 aromatic heterocycles. The van der Waals surface area contributed by atoms with Crippen molar-refractivity contribution in [2.75, 3.05) is 26.2 Å². The fourth-order valence-corrected chi connectivity index (χ4v) is 4.74. The van der Waals surface area contributed by atoms with Crippen molar-refractivity contribution in [2.45, 2.75) is 40.0 Å². The van der Waals surface area contributed by atoms with Crippen LogP contribution in [0.25, 0.3) is 16.5 Å². The van der Waals surface area contributed by atoms with Crippen molar-refractivity contribution < 1.29 is 27.8 Å². The van der Waals surface area contributed by atoms with Crippen molar-refractivity contribution in [1.82, 2.24) is 20.2 Å². The second-order valence-corrected chi connectivity index (χ2v) is 8.52. The molecule has 0 unspecified atom stereocenters. The zero-order chi connectivity index (χ0) is 25.3. The lowest BCUT2D eigenvalue weighted by molar-refractivity contribution is -0.274. The Bertz CT molecular complexity index is 1270. The lowest BCUT2D eigenvalue weighted by Crippen LogP contribution is -2.35. The minimum atomic E-state index is -4.83. The number of aryl methyl sites for hydroxylation is 1. The van der Waals surface area contributed by atoms with Crippen molar-refractivity contribution in [1.29, 1.82) is 0 Å². The fraction of sp³-hybridized carbons (Fsp3) is 0.400. The third-order valence-corrected chi connectivity index (χ3v) is 6.39. The molecule has 0 atom stereocenters. The average Bonchev–Trinajstić information content (AvgIpc) is 3.30. The number of aromatic amines is 2. The normalized spacial score (nSPS) is 13.7. The molecule has 188 valence electrons. The van der Waals surface area contributed by atoms with Crippen LogP contribution in [0.5, 0.6) is 11.6 Å². The summed E-state index contributed by atoms with van der Waals surface area (Å²) in [6.07, 6.45) is -1.66. The Hall–Kier alpha value is -3.40. The molecule has 0 saturated carbocycles. The van der Waals surface area contributed by atoms with E-state index in [9.17, 15) is 23.1 Å². The van der Waals surface area contributed by atoms with Crippen LogP contribution in [0, 0.1) is 6.92 Å². The summed E-state index contributed by atoms with van der Waals surface area (Å²) in [4.78, 5) is 21.4. The molecule has 1 amide bonds. The molecule has 1 aliphatic carbocycles. The first-order chi connectivity index (χ1) is 16.6. The summed E-state index contributed by atoms with van der Waals surface area (Å²) in [7, 11) is 0. The van der Waals surface area contributed by atoms with Crippen LogP contribution in [0.3, 0.4) is 0 Å². The Morgan fingerprint density at radius 2 is 1.97 bits per heavy atom. The number of benzene rings is 1. The number of nitrogens with zero attached hydrogens (tertiary/aromatic N) is 1. The molecule has 4 rings (SSSR count). The highest BCUT2D eigenvalue weighted by molar-refractivity contribution is 6.03. The highest BCUT2D eigenvalue weighted by Crippen LogP contribution is 2.42. The van der Waals surface area contributed by atoms with Gasteiger partial charge in [-0.3, -0.25) is 4.79 Å². The summed E-state index contributed by atoms with van der Waals surface area (Å²) < 4.78 is 42.4. The molecule has 0 saturated heterocycles. The largest absolute Gasteiger partial charge is 0.573 e. The summed E-state index contributed by atoms with van der Waals surface area (Å²) in [6.45, 7) is 9.05.